The van der Waals surface area contributed by atoms with E-state index in [2.05, 4.69) is 5.32 Å². The molecule has 1 saturated heterocycles. The van der Waals surface area contributed by atoms with Crippen LogP contribution in [-0.4, -0.2) is 25.2 Å². The second kappa shape index (κ2) is 6.21. The van der Waals surface area contributed by atoms with E-state index in [0.29, 0.717) is 18.0 Å². The van der Waals surface area contributed by atoms with E-state index in [1.807, 2.05) is 13.0 Å². The first-order chi connectivity index (χ1) is 9.20. The number of benzene rings is 1. The van der Waals surface area contributed by atoms with E-state index < -0.39 is 0 Å². The van der Waals surface area contributed by atoms with Gasteiger partial charge in [0.05, 0.1) is 0 Å². The summed E-state index contributed by atoms with van der Waals surface area (Å²) in [5.74, 6) is 0.735. The number of anilines is 1. The van der Waals surface area contributed by atoms with Crippen LogP contribution in [0.5, 0.6) is 5.75 Å². The van der Waals surface area contributed by atoms with Gasteiger partial charge in [0, 0.05) is 12.3 Å². The highest BCUT2D eigenvalue weighted by Crippen LogP contribution is 2.22. The van der Waals surface area contributed by atoms with Crippen LogP contribution in [0.3, 0.4) is 0 Å². The smallest absolute Gasteiger partial charge is 0.253 e. The van der Waals surface area contributed by atoms with Gasteiger partial charge in [-0.15, -0.1) is 0 Å². The molecule has 5 nitrogen and oxygen atoms in total. The van der Waals surface area contributed by atoms with Crippen LogP contribution < -0.4 is 10.1 Å². The lowest BCUT2D eigenvalue weighted by atomic mass is 10.0. The first-order valence-corrected chi connectivity index (χ1v) is 6.23. The van der Waals surface area contributed by atoms with Crippen LogP contribution >= 0.6 is 0 Å². The molecule has 0 bridgehead atoms. The summed E-state index contributed by atoms with van der Waals surface area (Å²) in [6.07, 6.45) is 0.550. The number of hydrogen-bond acceptors (Lipinski definition) is 4. The molecule has 2 atom stereocenters. The predicted molar refractivity (Wildman–Crippen MR) is 69.7 cm³/mol. The summed E-state index contributed by atoms with van der Waals surface area (Å²) >= 11 is 0. The Labute approximate surface area is 112 Å². The number of rotatable bonds is 4. The Hall–Kier alpha value is -2.06. The zero-order valence-corrected chi connectivity index (χ0v) is 10.8. The minimum absolute atomic E-state index is 0.0130. The van der Waals surface area contributed by atoms with Gasteiger partial charge in [-0.25, -0.2) is 0 Å². The summed E-state index contributed by atoms with van der Waals surface area (Å²) < 4.78 is 10.5. The Bertz CT molecular complexity index is 478. The van der Waals surface area contributed by atoms with Crippen molar-refractivity contribution in [2.24, 2.45) is 5.92 Å². The van der Waals surface area contributed by atoms with E-state index >= 15 is 0 Å². The van der Waals surface area contributed by atoms with Gasteiger partial charge in [-0.2, -0.15) is 5.26 Å². The number of nitrogens with zero attached hydrogens (tertiary/aromatic N) is 1. The van der Waals surface area contributed by atoms with E-state index in [0.717, 1.165) is 6.42 Å². The van der Waals surface area contributed by atoms with E-state index in [4.69, 9.17) is 14.7 Å². The lowest BCUT2D eigenvalue weighted by molar-refractivity contribution is -0.126. The number of nitrogens with one attached hydrogen (secondary N) is 1. The third kappa shape index (κ3) is 3.46. The summed E-state index contributed by atoms with van der Waals surface area (Å²) in [5, 5.41) is 11.2. The monoisotopic (exact) mass is 260 g/mol. The molecule has 1 aromatic carbocycles. The van der Waals surface area contributed by atoms with Crippen LogP contribution in [0.25, 0.3) is 0 Å². The van der Waals surface area contributed by atoms with Crippen LogP contribution in [0.15, 0.2) is 24.3 Å². The fraction of sp³-hybridized carbons (Fsp3) is 0.429. The molecule has 19 heavy (non-hydrogen) atoms. The van der Waals surface area contributed by atoms with Crippen molar-refractivity contribution < 1.29 is 14.3 Å². The van der Waals surface area contributed by atoms with Crippen LogP contribution in [0.1, 0.15) is 13.3 Å². The molecule has 5 heteroatoms. The number of ether oxygens (including phenoxy) is 2. The van der Waals surface area contributed by atoms with Gasteiger partial charge in [-0.3, -0.25) is 4.79 Å². The molecule has 2 unspecified atom stereocenters. The Morgan fingerprint density at radius 1 is 1.53 bits per heavy atom. The average molecular weight is 260 g/mol. The molecule has 1 aromatic rings. The van der Waals surface area contributed by atoms with Crippen molar-refractivity contribution in [3.63, 3.8) is 0 Å². The Balaban J connectivity index is 1.92. The molecule has 0 aliphatic carbocycles. The minimum atomic E-state index is -0.366. The SMILES string of the molecule is CC1CCOC1C(=O)Nc1ccc(OCC#N)cc1. The van der Waals surface area contributed by atoms with Crippen molar-refractivity contribution in [1.82, 2.24) is 0 Å². The van der Waals surface area contributed by atoms with Crippen molar-refractivity contribution in [3.8, 4) is 11.8 Å². The third-order valence-corrected chi connectivity index (χ3v) is 3.07. The van der Waals surface area contributed by atoms with Gasteiger partial charge in [-0.1, -0.05) is 6.92 Å². The minimum Gasteiger partial charge on any atom is -0.479 e. The van der Waals surface area contributed by atoms with Crippen molar-refractivity contribution in [2.75, 3.05) is 18.5 Å². The molecule has 100 valence electrons. The number of carbonyl (C=O) groups excluding carboxylic acids is 1. The highest BCUT2D eigenvalue weighted by atomic mass is 16.5. The first kappa shape index (κ1) is 13.4. The Kier molecular flexibility index (Phi) is 4.37. The quantitative estimate of drug-likeness (QED) is 0.898. The molecule has 0 aromatic heterocycles. The number of carbonyl (C=O) groups is 1. The summed E-state index contributed by atoms with van der Waals surface area (Å²) in [6, 6.07) is 8.81. The van der Waals surface area contributed by atoms with E-state index in [9.17, 15) is 4.79 Å². The normalized spacial score (nSPS) is 21.7. The lowest BCUT2D eigenvalue weighted by Gasteiger charge is -2.14. The summed E-state index contributed by atoms with van der Waals surface area (Å²) in [7, 11) is 0. The molecule has 0 saturated carbocycles. The fourth-order valence-corrected chi connectivity index (χ4v) is 1.99. The highest BCUT2D eigenvalue weighted by Gasteiger charge is 2.30. The van der Waals surface area contributed by atoms with E-state index in [1.54, 1.807) is 24.3 Å². The zero-order valence-electron chi connectivity index (χ0n) is 10.8. The summed E-state index contributed by atoms with van der Waals surface area (Å²) in [4.78, 5) is 12.0. The van der Waals surface area contributed by atoms with Crippen LogP contribution in [-0.2, 0) is 9.53 Å². The van der Waals surface area contributed by atoms with Crippen molar-refractivity contribution >= 4 is 11.6 Å². The molecule has 1 heterocycles. The molecule has 0 radical (unpaired) electrons. The summed E-state index contributed by atoms with van der Waals surface area (Å²) in [6.45, 7) is 2.66. The predicted octanol–water partition coefficient (Wildman–Crippen LogP) is 1.95. The molecule has 0 spiro atoms. The van der Waals surface area contributed by atoms with Gasteiger partial charge in [0.15, 0.2) is 6.61 Å². The van der Waals surface area contributed by atoms with Gasteiger partial charge in [0.1, 0.15) is 17.9 Å². The molecule has 1 aliphatic heterocycles. The molecule has 1 N–H and O–H groups in total. The molecule has 2 rings (SSSR count). The van der Waals surface area contributed by atoms with Gasteiger partial charge >= 0.3 is 0 Å². The number of hydrogen-bond donors (Lipinski definition) is 1. The first-order valence-electron chi connectivity index (χ1n) is 6.23. The second-order valence-corrected chi connectivity index (χ2v) is 4.52. The Morgan fingerprint density at radius 2 is 2.26 bits per heavy atom. The van der Waals surface area contributed by atoms with Crippen LogP contribution in [0.4, 0.5) is 5.69 Å². The van der Waals surface area contributed by atoms with E-state index in [1.165, 1.54) is 0 Å². The molecular weight excluding hydrogens is 244 g/mol. The van der Waals surface area contributed by atoms with Gasteiger partial charge in [0.25, 0.3) is 5.91 Å². The second-order valence-electron chi connectivity index (χ2n) is 4.52. The van der Waals surface area contributed by atoms with Crippen molar-refractivity contribution in [1.29, 1.82) is 5.26 Å². The number of nitriles is 1. The molecule has 1 amide bonds. The molecular formula is C14H16N2O3. The Morgan fingerprint density at radius 3 is 2.84 bits per heavy atom. The van der Waals surface area contributed by atoms with Crippen molar-refractivity contribution in [2.45, 2.75) is 19.4 Å². The van der Waals surface area contributed by atoms with E-state index in [-0.39, 0.29) is 24.5 Å². The number of amides is 1. The standard InChI is InChI=1S/C14H16N2O3/c1-10-6-8-19-13(10)14(17)16-11-2-4-12(5-3-11)18-9-7-15/h2-5,10,13H,6,8-9H2,1H3,(H,16,17). The van der Waals surface area contributed by atoms with Gasteiger partial charge < -0.3 is 14.8 Å². The maximum Gasteiger partial charge on any atom is 0.253 e. The maximum atomic E-state index is 12.0. The fourth-order valence-electron chi connectivity index (χ4n) is 1.99. The third-order valence-electron chi connectivity index (χ3n) is 3.07. The highest BCUT2D eigenvalue weighted by molar-refractivity contribution is 5.94. The zero-order chi connectivity index (χ0) is 13.7. The molecule has 1 aliphatic rings. The topological polar surface area (TPSA) is 71.3 Å². The van der Waals surface area contributed by atoms with Gasteiger partial charge in [0.2, 0.25) is 0 Å². The maximum absolute atomic E-state index is 12.0. The van der Waals surface area contributed by atoms with Crippen molar-refractivity contribution in [3.05, 3.63) is 24.3 Å². The lowest BCUT2D eigenvalue weighted by Crippen LogP contribution is -2.31. The largest absolute Gasteiger partial charge is 0.479 e. The summed E-state index contributed by atoms with van der Waals surface area (Å²) in [5.41, 5.74) is 0.692. The average Bonchev–Trinajstić information content (AvgIpc) is 2.84. The van der Waals surface area contributed by atoms with Crippen LogP contribution in [0, 0.1) is 17.2 Å². The molecule has 1 fully saturated rings. The van der Waals surface area contributed by atoms with Gasteiger partial charge in [-0.05, 0) is 36.6 Å². The van der Waals surface area contributed by atoms with Crippen LogP contribution in [0.2, 0.25) is 0 Å².